The lowest BCUT2D eigenvalue weighted by molar-refractivity contribution is -0.159. The number of rotatable bonds is 3. The van der Waals surface area contributed by atoms with E-state index in [-0.39, 0.29) is 28.6 Å². The number of nitrogens with zero attached hydrogens (tertiary/aromatic N) is 1. The second-order valence-corrected chi connectivity index (χ2v) is 8.14. The van der Waals surface area contributed by atoms with E-state index in [4.69, 9.17) is 40.5 Å². The van der Waals surface area contributed by atoms with Gasteiger partial charge < -0.3 is 5.73 Å². The molecule has 0 aliphatic carbocycles. The van der Waals surface area contributed by atoms with Crippen LogP contribution in [0.25, 0.3) is 0 Å². The van der Waals surface area contributed by atoms with Crippen LogP contribution in [-0.2, 0) is 11.3 Å². The van der Waals surface area contributed by atoms with Crippen molar-refractivity contribution in [2.75, 3.05) is 0 Å². The van der Waals surface area contributed by atoms with Gasteiger partial charge in [-0.15, -0.1) is 0 Å². The largest absolute Gasteiger partial charge is 0.409 e. The van der Waals surface area contributed by atoms with Crippen LogP contribution in [0.1, 0.15) is 23.1 Å². The van der Waals surface area contributed by atoms with E-state index >= 15 is 0 Å². The number of hydrogen-bond donors (Lipinski definition) is 1. The summed E-state index contributed by atoms with van der Waals surface area (Å²) in [6.45, 7) is 0.244. The lowest BCUT2D eigenvalue weighted by atomic mass is 9.89. The number of hydrogen-bond acceptors (Lipinski definition) is 3. The molecule has 1 aliphatic heterocycles. The summed E-state index contributed by atoms with van der Waals surface area (Å²) in [5.41, 5.74) is 7.07. The first-order valence-electron chi connectivity index (χ1n) is 7.43. The fraction of sp³-hybridized carbons (Fsp3) is 0.235. The van der Waals surface area contributed by atoms with Crippen LogP contribution in [-0.4, -0.2) is 11.9 Å². The fourth-order valence-corrected chi connectivity index (χ4v) is 4.49. The zero-order valence-corrected chi connectivity index (χ0v) is 16.2. The first-order valence-corrected chi connectivity index (χ1v) is 9.34. The average molecular weight is 440 g/mol. The molecule has 0 radical (unpaired) electrons. The van der Waals surface area contributed by atoms with Gasteiger partial charge in [-0.2, -0.15) is 13.2 Å². The molecule has 0 bridgehead atoms. The van der Waals surface area contributed by atoms with Crippen LogP contribution in [0, 0.1) is 0 Å². The standard InChI is InChI=1S/C17H12Cl3F3N2S/c18-12-4-11(5-13(19)6-12)16(17(21,22)23)7-15(25-26-16)9-1-2-10(8-24)14(20)3-9/h1-6H,7-8,24H2. The second kappa shape index (κ2) is 7.24. The molecule has 0 spiro atoms. The highest BCUT2D eigenvalue weighted by molar-refractivity contribution is 7.99. The van der Waals surface area contributed by atoms with Gasteiger partial charge in [0.1, 0.15) is 0 Å². The summed E-state index contributed by atoms with van der Waals surface area (Å²) in [5, 5.41) is 0.675. The van der Waals surface area contributed by atoms with E-state index in [1.54, 1.807) is 18.2 Å². The molecule has 0 aromatic heterocycles. The quantitative estimate of drug-likeness (QED) is 0.562. The number of halogens is 6. The third kappa shape index (κ3) is 3.58. The Kier molecular flexibility index (Phi) is 5.53. The van der Waals surface area contributed by atoms with Crippen molar-refractivity contribution < 1.29 is 13.2 Å². The Bertz CT molecular complexity index is 866. The molecule has 1 heterocycles. The van der Waals surface area contributed by atoms with Crippen LogP contribution in [0.5, 0.6) is 0 Å². The molecule has 0 fully saturated rings. The lowest BCUT2D eigenvalue weighted by Crippen LogP contribution is -2.38. The van der Waals surface area contributed by atoms with E-state index in [0.717, 1.165) is 0 Å². The van der Waals surface area contributed by atoms with Gasteiger partial charge in [0.05, 0.1) is 5.71 Å². The Hall–Kier alpha value is -0.920. The second-order valence-electron chi connectivity index (χ2n) is 5.80. The van der Waals surface area contributed by atoms with Gasteiger partial charge in [0.15, 0.2) is 4.75 Å². The molecule has 0 amide bonds. The summed E-state index contributed by atoms with van der Waals surface area (Å²) in [5.74, 6) is 0. The Balaban J connectivity index is 2.02. The maximum absolute atomic E-state index is 14.0. The van der Waals surface area contributed by atoms with Crippen LogP contribution < -0.4 is 5.73 Å². The lowest BCUT2D eigenvalue weighted by Gasteiger charge is -2.30. The predicted molar refractivity (Wildman–Crippen MR) is 102 cm³/mol. The van der Waals surface area contributed by atoms with E-state index in [0.29, 0.717) is 33.8 Å². The Morgan fingerprint density at radius 1 is 1.08 bits per heavy atom. The molecule has 2 nitrogen and oxygen atoms in total. The van der Waals surface area contributed by atoms with Crippen molar-refractivity contribution in [1.82, 2.24) is 0 Å². The molecule has 138 valence electrons. The summed E-state index contributed by atoms with van der Waals surface area (Å²) < 4.78 is 43.9. The Morgan fingerprint density at radius 2 is 1.73 bits per heavy atom. The molecule has 9 heteroatoms. The van der Waals surface area contributed by atoms with Gasteiger partial charge in [0, 0.05) is 28.0 Å². The van der Waals surface area contributed by atoms with Crippen molar-refractivity contribution >= 4 is 52.5 Å². The van der Waals surface area contributed by atoms with E-state index in [2.05, 4.69) is 4.40 Å². The van der Waals surface area contributed by atoms with Crippen molar-refractivity contribution in [2.45, 2.75) is 23.9 Å². The Labute approximate surface area is 167 Å². The normalized spacial score (nSPS) is 20.3. The van der Waals surface area contributed by atoms with Gasteiger partial charge in [-0.05, 0) is 52.9 Å². The van der Waals surface area contributed by atoms with Gasteiger partial charge in [-0.1, -0.05) is 46.9 Å². The smallest absolute Gasteiger partial charge is 0.326 e. The van der Waals surface area contributed by atoms with Gasteiger partial charge in [0.25, 0.3) is 0 Å². The average Bonchev–Trinajstić information content (AvgIpc) is 3.00. The van der Waals surface area contributed by atoms with Crippen LogP contribution >= 0.6 is 46.8 Å². The van der Waals surface area contributed by atoms with E-state index in [9.17, 15) is 13.2 Å². The molecule has 1 unspecified atom stereocenters. The van der Waals surface area contributed by atoms with Gasteiger partial charge in [-0.25, -0.2) is 4.40 Å². The monoisotopic (exact) mass is 438 g/mol. The maximum Gasteiger partial charge on any atom is 0.409 e. The summed E-state index contributed by atoms with van der Waals surface area (Å²) in [7, 11) is 0. The van der Waals surface area contributed by atoms with Crippen molar-refractivity contribution in [3.05, 3.63) is 68.2 Å². The minimum absolute atomic E-state index is 0.0316. The number of benzene rings is 2. The van der Waals surface area contributed by atoms with Gasteiger partial charge in [0.2, 0.25) is 0 Å². The Morgan fingerprint density at radius 3 is 2.27 bits per heavy atom. The van der Waals surface area contributed by atoms with Crippen LogP contribution in [0.4, 0.5) is 13.2 Å². The molecule has 2 aromatic carbocycles. The first-order chi connectivity index (χ1) is 12.2. The first kappa shape index (κ1) is 19.8. The molecular formula is C17H12Cl3F3N2S. The highest BCUT2D eigenvalue weighted by Crippen LogP contribution is 2.57. The molecule has 1 atom stereocenters. The molecular weight excluding hydrogens is 428 g/mol. The molecule has 2 N–H and O–H groups in total. The molecule has 0 saturated carbocycles. The summed E-state index contributed by atoms with van der Waals surface area (Å²) >= 11 is 18.4. The maximum atomic E-state index is 14.0. The highest BCUT2D eigenvalue weighted by atomic mass is 35.5. The van der Waals surface area contributed by atoms with E-state index in [1.807, 2.05) is 0 Å². The predicted octanol–water partition coefficient (Wildman–Crippen LogP) is 6.40. The van der Waals surface area contributed by atoms with E-state index in [1.165, 1.54) is 18.2 Å². The van der Waals surface area contributed by atoms with Crippen molar-refractivity contribution in [3.8, 4) is 0 Å². The van der Waals surface area contributed by atoms with Crippen molar-refractivity contribution in [3.63, 3.8) is 0 Å². The SMILES string of the molecule is NCc1ccc(C2=NSC(c3cc(Cl)cc(Cl)c3)(C(F)(F)F)C2)cc1Cl. The molecule has 3 rings (SSSR count). The minimum atomic E-state index is -4.56. The molecule has 1 aliphatic rings. The van der Waals surface area contributed by atoms with Crippen LogP contribution in [0.3, 0.4) is 0 Å². The fourth-order valence-electron chi connectivity index (χ4n) is 2.74. The van der Waals surface area contributed by atoms with Crippen molar-refractivity contribution in [1.29, 1.82) is 0 Å². The van der Waals surface area contributed by atoms with Crippen LogP contribution in [0.2, 0.25) is 15.1 Å². The van der Waals surface area contributed by atoms with Gasteiger partial charge >= 0.3 is 6.18 Å². The number of nitrogens with two attached hydrogens (primary N) is 1. The van der Waals surface area contributed by atoms with Crippen molar-refractivity contribution in [2.24, 2.45) is 10.1 Å². The minimum Gasteiger partial charge on any atom is -0.326 e. The summed E-state index contributed by atoms with van der Waals surface area (Å²) in [6.07, 6.45) is -4.91. The third-order valence-electron chi connectivity index (χ3n) is 4.12. The highest BCUT2D eigenvalue weighted by Gasteiger charge is 2.60. The zero-order valence-electron chi connectivity index (χ0n) is 13.1. The molecule has 26 heavy (non-hydrogen) atoms. The molecule has 0 saturated heterocycles. The zero-order chi connectivity index (χ0) is 19.1. The van der Waals surface area contributed by atoms with Crippen LogP contribution in [0.15, 0.2) is 40.8 Å². The van der Waals surface area contributed by atoms with E-state index < -0.39 is 10.9 Å². The third-order valence-corrected chi connectivity index (χ3v) is 6.14. The molecule has 2 aromatic rings. The number of alkyl halides is 3. The van der Waals surface area contributed by atoms with Gasteiger partial charge in [-0.3, -0.25) is 0 Å². The summed E-state index contributed by atoms with van der Waals surface area (Å²) in [6, 6.07) is 8.89. The topological polar surface area (TPSA) is 38.4 Å². The summed E-state index contributed by atoms with van der Waals surface area (Å²) in [4.78, 5) is 0.